The van der Waals surface area contributed by atoms with Crippen molar-refractivity contribution in [1.82, 2.24) is 9.80 Å². The molecule has 5 nitrogen and oxygen atoms in total. The largest absolute Gasteiger partial charge is 0.390 e. The van der Waals surface area contributed by atoms with Gasteiger partial charge in [-0.05, 0) is 31.8 Å². The Balaban J connectivity index is 1.79. The molecule has 19 heavy (non-hydrogen) atoms. The minimum Gasteiger partial charge on any atom is -0.390 e. The van der Waals surface area contributed by atoms with Crippen LogP contribution in [0.5, 0.6) is 0 Å². The van der Waals surface area contributed by atoms with Crippen molar-refractivity contribution in [2.45, 2.75) is 39.2 Å². The Labute approximate surface area is 114 Å². The Bertz CT molecular complexity index is 351. The number of carbonyl (C=O) groups is 2. The molecule has 2 aliphatic rings. The van der Waals surface area contributed by atoms with Crippen LogP contribution >= 0.6 is 0 Å². The third-order valence-electron chi connectivity index (χ3n) is 4.21. The van der Waals surface area contributed by atoms with Crippen molar-refractivity contribution in [3.8, 4) is 0 Å². The molecule has 2 heterocycles. The molecule has 2 atom stereocenters. The van der Waals surface area contributed by atoms with Crippen molar-refractivity contribution in [3.05, 3.63) is 0 Å². The molecule has 2 amide bonds. The van der Waals surface area contributed by atoms with Gasteiger partial charge in [-0.2, -0.15) is 0 Å². The van der Waals surface area contributed by atoms with Gasteiger partial charge < -0.3 is 10.0 Å². The first-order valence-corrected chi connectivity index (χ1v) is 7.22. The lowest BCUT2D eigenvalue weighted by Gasteiger charge is -2.32. The fourth-order valence-corrected chi connectivity index (χ4v) is 2.85. The SMILES string of the molecule is CC1CCN(CC(O)CN2C(=O)CC(C)C2=O)CC1. The Morgan fingerprint density at radius 2 is 1.84 bits per heavy atom. The molecule has 0 aromatic rings. The summed E-state index contributed by atoms with van der Waals surface area (Å²) in [6, 6.07) is 0. The molecule has 2 saturated heterocycles. The van der Waals surface area contributed by atoms with Crippen LogP contribution in [-0.4, -0.2) is 59.0 Å². The predicted molar refractivity (Wildman–Crippen MR) is 71.3 cm³/mol. The molecule has 0 aliphatic carbocycles. The van der Waals surface area contributed by atoms with E-state index in [0.29, 0.717) is 6.54 Å². The van der Waals surface area contributed by atoms with Gasteiger partial charge in [0.1, 0.15) is 0 Å². The van der Waals surface area contributed by atoms with Crippen molar-refractivity contribution in [1.29, 1.82) is 0 Å². The lowest BCUT2D eigenvalue weighted by Crippen LogP contribution is -2.44. The standard InChI is InChI=1S/C14H24N2O3/c1-10-3-5-15(6-4-10)8-12(17)9-16-13(18)7-11(2)14(16)19/h10-12,17H,3-9H2,1-2H3. The number of likely N-dealkylation sites (tertiary alicyclic amines) is 2. The third-order valence-corrected chi connectivity index (χ3v) is 4.21. The van der Waals surface area contributed by atoms with E-state index in [9.17, 15) is 14.7 Å². The summed E-state index contributed by atoms with van der Waals surface area (Å²) in [5.74, 6) is 0.242. The summed E-state index contributed by atoms with van der Waals surface area (Å²) >= 11 is 0. The van der Waals surface area contributed by atoms with E-state index in [-0.39, 0.29) is 30.7 Å². The second-order valence-electron chi connectivity index (χ2n) is 6.08. The van der Waals surface area contributed by atoms with Gasteiger partial charge in [-0.15, -0.1) is 0 Å². The highest BCUT2D eigenvalue weighted by atomic mass is 16.3. The number of rotatable bonds is 4. The molecule has 0 aromatic carbocycles. The molecule has 0 radical (unpaired) electrons. The van der Waals surface area contributed by atoms with E-state index in [1.54, 1.807) is 6.92 Å². The fraction of sp³-hybridized carbons (Fsp3) is 0.857. The maximum atomic E-state index is 11.8. The Morgan fingerprint density at radius 3 is 2.37 bits per heavy atom. The quantitative estimate of drug-likeness (QED) is 0.753. The lowest BCUT2D eigenvalue weighted by molar-refractivity contribution is -0.141. The fourth-order valence-electron chi connectivity index (χ4n) is 2.85. The molecular formula is C14H24N2O3. The zero-order valence-electron chi connectivity index (χ0n) is 11.8. The normalized spacial score (nSPS) is 28.2. The van der Waals surface area contributed by atoms with Gasteiger partial charge in [0, 0.05) is 18.9 Å². The van der Waals surface area contributed by atoms with E-state index >= 15 is 0 Å². The number of amides is 2. The van der Waals surface area contributed by atoms with Crippen LogP contribution in [0, 0.1) is 11.8 Å². The van der Waals surface area contributed by atoms with E-state index in [0.717, 1.165) is 31.8 Å². The van der Waals surface area contributed by atoms with Gasteiger partial charge in [-0.1, -0.05) is 13.8 Å². The van der Waals surface area contributed by atoms with Gasteiger partial charge in [0.15, 0.2) is 0 Å². The first-order chi connectivity index (χ1) is 8.97. The number of piperidine rings is 1. The summed E-state index contributed by atoms with van der Waals surface area (Å²) in [4.78, 5) is 26.9. The van der Waals surface area contributed by atoms with E-state index in [2.05, 4.69) is 11.8 Å². The minimum absolute atomic E-state index is 0.142. The number of β-amino-alcohol motifs (C(OH)–C–C–N with tert-alkyl or cyclic N) is 1. The van der Waals surface area contributed by atoms with Gasteiger partial charge in [0.05, 0.1) is 12.6 Å². The van der Waals surface area contributed by atoms with E-state index in [1.165, 1.54) is 4.90 Å². The van der Waals surface area contributed by atoms with Gasteiger partial charge in [0.25, 0.3) is 0 Å². The number of aliphatic hydroxyl groups is 1. The lowest BCUT2D eigenvalue weighted by atomic mass is 9.99. The molecule has 1 N–H and O–H groups in total. The van der Waals surface area contributed by atoms with Crippen LogP contribution in [0.2, 0.25) is 0 Å². The highest BCUT2D eigenvalue weighted by Gasteiger charge is 2.36. The Morgan fingerprint density at radius 1 is 1.21 bits per heavy atom. The topological polar surface area (TPSA) is 60.9 Å². The first kappa shape index (κ1) is 14.5. The smallest absolute Gasteiger partial charge is 0.232 e. The molecule has 108 valence electrons. The van der Waals surface area contributed by atoms with Crippen LogP contribution < -0.4 is 0 Å². The highest BCUT2D eigenvalue weighted by Crippen LogP contribution is 2.20. The second kappa shape index (κ2) is 6.01. The average Bonchev–Trinajstić information content (AvgIpc) is 2.59. The summed E-state index contributed by atoms with van der Waals surface area (Å²) in [6.07, 6.45) is 1.97. The van der Waals surface area contributed by atoms with Crippen molar-refractivity contribution in [2.75, 3.05) is 26.2 Å². The maximum Gasteiger partial charge on any atom is 0.232 e. The molecule has 5 heteroatoms. The monoisotopic (exact) mass is 268 g/mol. The highest BCUT2D eigenvalue weighted by molar-refractivity contribution is 6.03. The van der Waals surface area contributed by atoms with Crippen LogP contribution in [0.15, 0.2) is 0 Å². The zero-order valence-corrected chi connectivity index (χ0v) is 11.8. The van der Waals surface area contributed by atoms with Gasteiger partial charge in [-0.3, -0.25) is 14.5 Å². The summed E-state index contributed by atoms with van der Waals surface area (Å²) in [5, 5.41) is 10.1. The number of hydrogen-bond acceptors (Lipinski definition) is 4. The predicted octanol–water partition coefficient (Wildman–Crippen LogP) is 0.474. The number of hydrogen-bond donors (Lipinski definition) is 1. The number of carbonyl (C=O) groups excluding carboxylic acids is 2. The minimum atomic E-state index is -0.633. The van der Waals surface area contributed by atoms with Crippen molar-refractivity contribution in [3.63, 3.8) is 0 Å². The van der Waals surface area contributed by atoms with Gasteiger partial charge in [0.2, 0.25) is 11.8 Å². The van der Waals surface area contributed by atoms with Crippen LogP contribution in [0.25, 0.3) is 0 Å². The van der Waals surface area contributed by atoms with Crippen molar-refractivity contribution >= 4 is 11.8 Å². The average molecular weight is 268 g/mol. The van der Waals surface area contributed by atoms with Crippen LogP contribution in [0.1, 0.15) is 33.1 Å². The molecule has 0 spiro atoms. The van der Waals surface area contributed by atoms with E-state index in [4.69, 9.17) is 0 Å². The molecule has 2 unspecified atom stereocenters. The maximum absolute atomic E-state index is 11.8. The van der Waals surface area contributed by atoms with Gasteiger partial charge in [-0.25, -0.2) is 0 Å². The summed E-state index contributed by atoms with van der Waals surface area (Å²) < 4.78 is 0. The number of nitrogens with zero attached hydrogens (tertiary/aromatic N) is 2. The Kier molecular flexibility index (Phi) is 4.58. The van der Waals surface area contributed by atoms with Crippen LogP contribution in [0.3, 0.4) is 0 Å². The summed E-state index contributed by atoms with van der Waals surface area (Å²) in [6.45, 7) is 6.70. The molecule has 2 aliphatic heterocycles. The molecule has 2 fully saturated rings. The summed E-state index contributed by atoms with van der Waals surface area (Å²) in [5.41, 5.74) is 0. The van der Waals surface area contributed by atoms with Gasteiger partial charge >= 0.3 is 0 Å². The Hall–Kier alpha value is -0.940. The van der Waals surface area contributed by atoms with Crippen molar-refractivity contribution < 1.29 is 14.7 Å². The second-order valence-corrected chi connectivity index (χ2v) is 6.08. The molecule has 2 rings (SSSR count). The van der Waals surface area contributed by atoms with E-state index in [1.807, 2.05) is 0 Å². The van der Waals surface area contributed by atoms with Crippen LogP contribution in [-0.2, 0) is 9.59 Å². The van der Waals surface area contributed by atoms with Crippen molar-refractivity contribution in [2.24, 2.45) is 11.8 Å². The zero-order chi connectivity index (χ0) is 14.0. The molecular weight excluding hydrogens is 244 g/mol. The molecule has 0 aromatic heterocycles. The first-order valence-electron chi connectivity index (χ1n) is 7.22. The summed E-state index contributed by atoms with van der Waals surface area (Å²) in [7, 11) is 0. The molecule has 0 bridgehead atoms. The number of imide groups is 1. The molecule has 0 saturated carbocycles. The van der Waals surface area contributed by atoms with Crippen LogP contribution in [0.4, 0.5) is 0 Å². The number of aliphatic hydroxyl groups excluding tert-OH is 1. The third kappa shape index (κ3) is 3.54. The van der Waals surface area contributed by atoms with E-state index < -0.39 is 6.10 Å².